The molecular weight excluding hydrogens is 480 g/mol. The number of hydrogen-bond acceptors (Lipinski definition) is 7. The Bertz CT molecular complexity index is 1340. The fourth-order valence-corrected chi connectivity index (χ4v) is 4.22. The van der Waals surface area contributed by atoms with Gasteiger partial charge in [-0.05, 0) is 79.3 Å². The van der Waals surface area contributed by atoms with Crippen LogP contribution in [-0.2, 0) is 11.4 Å². The summed E-state index contributed by atoms with van der Waals surface area (Å²) in [5.41, 5.74) is 2.66. The number of hydrogen-bond donors (Lipinski definition) is 1. The van der Waals surface area contributed by atoms with Crippen molar-refractivity contribution in [1.82, 2.24) is 5.32 Å². The number of thiocarbonyl (C=S) groups is 1. The highest BCUT2D eigenvalue weighted by Crippen LogP contribution is 2.35. The maximum atomic E-state index is 13.1. The fourth-order valence-electron chi connectivity index (χ4n) is 3.92. The Balaban J connectivity index is 1.33. The Labute approximate surface area is 214 Å². The molecular formula is C27H24N2O6S. The summed E-state index contributed by atoms with van der Waals surface area (Å²) in [6.07, 6.45) is 1.76. The molecule has 2 aliphatic rings. The minimum atomic E-state index is -0.238. The van der Waals surface area contributed by atoms with Gasteiger partial charge in [-0.3, -0.25) is 9.69 Å². The van der Waals surface area contributed by atoms with Crippen LogP contribution in [0.5, 0.6) is 28.7 Å². The van der Waals surface area contributed by atoms with Crippen LogP contribution in [0, 0.1) is 0 Å². The highest BCUT2D eigenvalue weighted by atomic mass is 32.1. The lowest BCUT2D eigenvalue weighted by Gasteiger charge is -2.14. The van der Waals surface area contributed by atoms with Crippen LogP contribution in [0.15, 0.2) is 66.4 Å². The summed E-state index contributed by atoms with van der Waals surface area (Å²) in [4.78, 5) is 14.6. The molecule has 0 spiro atoms. The molecule has 1 fully saturated rings. The second-order valence-corrected chi connectivity index (χ2v) is 8.32. The van der Waals surface area contributed by atoms with Crippen molar-refractivity contribution < 1.29 is 28.5 Å². The number of fused-ring (bicyclic) bond motifs is 1. The van der Waals surface area contributed by atoms with Gasteiger partial charge in [0, 0.05) is 11.6 Å². The molecule has 2 aliphatic heterocycles. The first kappa shape index (κ1) is 23.5. The zero-order chi connectivity index (χ0) is 25.1. The molecule has 5 rings (SSSR count). The van der Waals surface area contributed by atoms with Crippen molar-refractivity contribution in [3.05, 3.63) is 77.5 Å². The van der Waals surface area contributed by atoms with E-state index in [9.17, 15) is 4.79 Å². The summed E-state index contributed by atoms with van der Waals surface area (Å²) < 4.78 is 27.7. The van der Waals surface area contributed by atoms with Gasteiger partial charge in [-0.1, -0.05) is 6.07 Å². The number of carbonyl (C=O) groups excluding carboxylic acids is 1. The van der Waals surface area contributed by atoms with Gasteiger partial charge in [-0.2, -0.15) is 0 Å². The summed E-state index contributed by atoms with van der Waals surface area (Å²) in [6, 6.07) is 18.3. The number of nitrogens with one attached hydrogen (secondary N) is 1. The van der Waals surface area contributed by atoms with E-state index in [2.05, 4.69) is 5.32 Å². The van der Waals surface area contributed by atoms with Crippen LogP contribution in [0.2, 0.25) is 0 Å². The Kier molecular flexibility index (Phi) is 6.64. The minimum absolute atomic E-state index is 0.204. The number of methoxy groups -OCH3 is 1. The quantitative estimate of drug-likeness (QED) is 0.351. The van der Waals surface area contributed by atoms with E-state index in [0.29, 0.717) is 46.1 Å². The third-order valence-corrected chi connectivity index (χ3v) is 5.92. The van der Waals surface area contributed by atoms with Gasteiger partial charge in [0.05, 0.1) is 19.4 Å². The second-order valence-electron chi connectivity index (χ2n) is 7.93. The smallest absolute Gasteiger partial charge is 0.281 e. The van der Waals surface area contributed by atoms with Gasteiger partial charge in [0.25, 0.3) is 5.91 Å². The number of anilines is 1. The molecule has 8 nitrogen and oxygen atoms in total. The van der Waals surface area contributed by atoms with E-state index in [1.165, 1.54) is 4.90 Å². The molecule has 3 aromatic rings. The molecule has 0 aliphatic carbocycles. The van der Waals surface area contributed by atoms with Gasteiger partial charge >= 0.3 is 0 Å². The first-order valence-electron chi connectivity index (χ1n) is 11.3. The lowest BCUT2D eigenvalue weighted by Crippen LogP contribution is -2.30. The summed E-state index contributed by atoms with van der Waals surface area (Å²) in [5.74, 6) is 3.16. The van der Waals surface area contributed by atoms with Crippen molar-refractivity contribution in [2.75, 3.05) is 25.4 Å². The molecule has 0 radical (unpaired) electrons. The van der Waals surface area contributed by atoms with Crippen molar-refractivity contribution in [2.24, 2.45) is 0 Å². The van der Waals surface area contributed by atoms with Crippen molar-refractivity contribution in [1.29, 1.82) is 0 Å². The average molecular weight is 505 g/mol. The van der Waals surface area contributed by atoms with Gasteiger partial charge in [0.15, 0.2) is 16.6 Å². The average Bonchev–Trinajstić information content (AvgIpc) is 3.47. The first-order chi connectivity index (χ1) is 17.6. The zero-order valence-electron chi connectivity index (χ0n) is 19.8. The van der Waals surface area contributed by atoms with Crippen LogP contribution in [-0.4, -0.2) is 31.5 Å². The van der Waals surface area contributed by atoms with Gasteiger partial charge in [-0.25, -0.2) is 0 Å². The molecule has 1 saturated heterocycles. The monoisotopic (exact) mass is 504 g/mol. The predicted octanol–water partition coefficient (Wildman–Crippen LogP) is 4.66. The van der Waals surface area contributed by atoms with Crippen LogP contribution >= 0.6 is 12.2 Å². The van der Waals surface area contributed by atoms with E-state index in [1.807, 2.05) is 49.4 Å². The number of benzene rings is 3. The largest absolute Gasteiger partial charge is 0.496 e. The molecule has 9 heteroatoms. The number of ether oxygens (including phenoxy) is 5. The van der Waals surface area contributed by atoms with Gasteiger partial charge in [0.1, 0.15) is 29.6 Å². The van der Waals surface area contributed by atoms with E-state index >= 15 is 0 Å². The number of nitrogens with zero attached hydrogens (tertiary/aromatic N) is 1. The van der Waals surface area contributed by atoms with Crippen LogP contribution in [0.3, 0.4) is 0 Å². The van der Waals surface area contributed by atoms with E-state index < -0.39 is 0 Å². The molecule has 0 bridgehead atoms. The zero-order valence-corrected chi connectivity index (χ0v) is 20.6. The van der Waals surface area contributed by atoms with Crippen molar-refractivity contribution in [3.63, 3.8) is 0 Å². The number of rotatable bonds is 8. The van der Waals surface area contributed by atoms with E-state index in [0.717, 1.165) is 16.9 Å². The van der Waals surface area contributed by atoms with Gasteiger partial charge in [0.2, 0.25) is 6.79 Å². The molecule has 0 unspecified atom stereocenters. The Morgan fingerprint density at radius 3 is 2.56 bits per heavy atom. The van der Waals surface area contributed by atoms with E-state index in [4.69, 9.17) is 35.9 Å². The van der Waals surface area contributed by atoms with Crippen molar-refractivity contribution >= 4 is 35.0 Å². The van der Waals surface area contributed by atoms with Crippen LogP contribution in [0.4, 0.5) is 5.69 Å². The Morgan fingerprint density at radius 2 is 1.78 bits per heavy atom. The fraction of sp³-hybridized carbons (Fsp3) is 0.185. The normalized spacial score (nSPS) is 15.3. The summed E-state index contributed by atoms with van der Waals surface area (Å²) in [7, 11) is 1.60. The van der Waals surface area contributed by atoms with Crippen LogP contribution in [0.1, 0.15) is 18.1 Å². The van der Waals surface area contributed by atoms with Crippen LogP contribution in [0.25, 0.3) is 6.08 Å². The lowest BCUT2D eigenvalue weighted by molar-refractivity contribution is -0.113. The molecule has 0 saturated carbocycles. The molecule has 3 aromatic carbocycles. The molecule has 2 heterocycles. The summed E-state index contributed by atoms with van der Waals surface area (Å²) in [5, 5.41) is 3.33. The third kappa shape index (κ3) is 4.78. The maximum Gasteiger partial charge on any atom is 0.281 e. The van der Waals surface area contributed by atoms with Gasteiger partial charge in [-0.15, -0.1) is 0 Å². The predicted molar refractivity (Wildman–Crippen MR) is 139 cm³/mol. The molecule has 1 amide bonds. The number of amides is 1. The van der Waals surface area contributed by atoms with Crippen molar-refractivity contribution in [3.8, 4) is 28.7 Å². The lowest BCUT2D eigenvalue weighted by atomic mass is 10.1. The summed E-state index contributed by atoms with van der Waals surface area (Å²) >= 11 is 5.43. The molecule has 0 aromatic heterocycles. The number of carbonyl (C=O) groups is 1. The van der Waals surface area contributed by atoms with E-state index in [-0.39, 0.29) is 19.3 Å². The second kappa shape index (κ2) is 10.2. The molecule has 36 heavy (non-hydrogen) atoms. The maximum absolute atomic E-state index is 13.1. The standard InChI is InChI=1S/C27H24N2O6S/c1-3-32-20-7-5-19(6-8-20)29-26(30)22(28-27(29)36)13-17-4-10-23(31-2)18(12-17)15-33-21-9-11-24-25(14-21)35-16-34-24/h4-14H,3,15-16H2,1-2H3,(H,28,36)/b22-13+. The molecule has 1 N–H and O–H groups in total. The molecule has 184 valence electrons. The first-order valence-corrected chi connectivity index (χ1v) is 11.8. The highest BCUT2D eigenvalue weighted by molar-refractivity contribution is 7.80. The topological polar surface area (TPSA) is 78.5 Å². The van der Waals surface area contributed by atoms with Gasteiger partial charge < -0.3 is 29.0 Å². The Morgan fingerprint density at radius 1 is 1.00 bits per heavy atom. The molecule has 0 atom stereocenters. The Hall–Kier alpha value is -4.24. The minimum Gasteiger partial charge on any atom is -0.496 e. The SMILES string of the molecule is CCOc1ccc(N2C(=O)/C(=C\c3ccc(OC)c(COc4ccc5c(c4)OCO5)c3)NC2=S)cc1. The van der Waals surface area contributed by atoms with Crippen molar-refractivity contribution in [2.45, 2.75) is 13.5 Å². The van der Waals surface area contributed by atoms with Crippen LogP contribution < -0.4 is 33.9 Å². The van der Waals surface area contributed by atoms with E-state index in [1.54, 1.807) is 31.4 Å². The summed E-state index contributed by atoms with van der Waals surface area (Å²) in [6.45, 7) is 2.95. The highest BCUT2D eigenvalue weighted by Gasteiger charge is 2.32. The third-order valence-electron chi connectivity index (χ3n) is 5.64.